The van der Waals surface area contributed by atoms with Crippen LogP contribution in [-0.4, -0.2) is 16.9 Å². The van der Waals surface area contributed by atoms with Crippen LogP contribution in [0, 0.1) is 21.4 Å². The molecule has 0 aliphatic heterocycles. The summed E-state index contributed by atoms with van der Waals surface area (Å²) in [5, 5.41) is 20.1. The molecular weight excluding hydrogens is 276 g/mol. The van der Waals surface area contributed by atoms with Crippen molar-refractivity contribution in [3.8, 4) is 11.8 Å². The van der Waals surface area contributed by atoms with E-state index in [2.05, 4.69) is 15.9 Å². The molecule has 0 aliphatic carbocycles. The first-order valence-electron chi connectivity index (χ1n) is 4.56. The fraction of sp³-hybridized carbons (Fsp3) is 0.300. The number of hydrogen-bond acceptors (Lipinski definition) is 4. The highest BCUT2D eigenvalue weighted by molar-refractivity contribution is 9.09. The van der Waals surface area contributed by atoms with E-state index in [1.54, 1.807) is 0 Å². The van der Waals surface area contributed by atoms with Gasteiger partial charge in [0.15, 0.2) is 5.75 Å². The number of nitro benzene ring substituents is 1. The van der Waals surface area contributed by atoms with Crippen LogP contribution in [0.15, 0.2) is 18.2 Å². The highest BCUT2D eigenvalue weighted by Gasteiger charge is 2.15. The predicted molar refractivity (Wildman–Crippen MR) is 61.7 cm³/mol. The minimum absolute atomic E-state index is 0.173. The highest BCUT2D eigenvalue weighted by atomic mass is 79.9. The lowest BCUT2D eigenvalue weighted by molar-refractivity contribution is -0.385. The summed E-state index contributed by atoms with van der Waals surface area (Å²) in [4.78, 5) is 10.2. The topological polar surface area (TPSA) is 76.2 Å². The van der Waals surface area contributed by atoms with E-state index in [-0.39, 0.29) is 17.0 Å². The molecule has 0 saturated carbocycles. The van der Waals surface area contributed by atoms with Crippen LogP contribution in [-0.2, 0) is 0 Å². The summed E-state index contributed by atoms with van der Waals surface area (Å²) in [6, 6.07) is 6.01. The zero-order valence-corrected chi connectivity index (χ0v) is 9.94. The molecule has 0 unspecified atom stereocenters. The third-order valence-corrected chi connectivity index (χ3v) is 2.38. The van der Waals surface area contributed by atoms with E-state index in [0.717, 1.165) is 11.8 Å². The van der Waals surface area contributed by atoms with Crippen molar-refractivity contribution in [3.05, 3.63) is 33.9 Å². The Hall–Kier alpha value is -1.61. The Labute approximate surface area is 101 Å². The van der Waals surface area contributed by atoms with Crippen molar-refractivity contribution in [2.75, 3.05) is 11.9 Å². The first-order valence-corrected chi connectivity index (χ1v) is 5.68. The SMILES string of the molecule is N#Cc1ccc(OCCCBr)c([N+](=O)[O-])c1. The molecule has 1 aromatic rings. The largest absolute Gasteiger partial charge is 0.487 e. The van der Waals surface area contributed by atoms with Crippen molar-refractivity contribution in [3.63, 3.8) is 0 Å². The molecule has 0 fully saturated rings. The number of alkyl halides is 1. The van der Waals surface area contributed by atoms with Gasteiger partial charge >= 0.3 is 5.69 Å². The van der Waals surface area contributed by atoms with Gasteiger partial charge in [-0.05, 0) is 18.6 Å². The molecule has 5 nitrogen and oxygen atoms in total. The maximum absolute atomic E-state index is 10.7. The zero-order valence-electron chi connectivity index (χ0n) is 8.35. The van der Waals surface area contributed by atoms with E-state index in [1.165, 1.54) is 18.2 Å². The van der Waals surface area contributed by atoms with Crippen LogP contribution in [0.4, 0.5) is 5.69 Å². The van der Waals surface area contributed by atoms with E-state index in [0.29, 0.717) is 6.61 Å². The second-order valence-corrected chi connectivity index (χ2v) is 3.74. The number of halogens is 1. The minimum Gasteiger partial charge on any atom is -0.487 e. The van der Waals surface area contributed by atoms with Gasteiger partial charge < -0.3 is 4.74 Å². The molecule has 0 atom stereocenters. The lowest BCUT2D eigenvalue weighted by Crippen LogP contribution is -2.01. The Bertz CT molecular complexity index is 429. The van der Waals surface area contributed by atoms with Crippen molar-refractivity contribution in [2.24, 2.45) is 0 Å². The summed E-state index contributed by atoms with van der Waals surface area (Å²) in [7, 11) is 0. The summed E-state index contributed by atoms with van der Waals surface area (Å²) >= 11 is 3.24. The Morgan fingerprint density at radius 3 is 2.88 bits per heavy atom. The van der Waals surface area contributed by atoms with Crippen molar-refractivity contribution in [1.82, 2.24) is 0 Å². The summed E-state index contributed by atoms with van der Waals surface area (Å²) in [5.41, 5.74) is 0.0770. The number of benzene rings is 1. The maximum Gasteiger partial charge on any atom is 0.312 e. The number of nitrogens with zero attached hydrogens (tertiary/aromatic N) is 2. The molecule has 1 rings (SSSR count). The molecule has 1 aromatic carbocycles. The third kappa shape index (κ3) is 3.21. The van der Waals surface area contributed by atoms with Crippen molar-refractivity contribution in [1.29, 1.82) is 5.26 Å². The van der Waals surface area contributed by atoms with Gasteiger partial charge in [0.05, 0.1) is 23.2 Å². The molecule has 0 aromatic heterocycles. The van der Waals surface area contributed by atoms with Gasteiger partial charge in [0, 0.05) is 11.4 Å². The molecule has 0 saturated heterocycles. The standard InChI is InChI=1S/C10H9BrN2O3/c11-4-1-5-16-10-3-2-8(7-12)6-9(10)13(14)15/h2-3,6H,1,4-5H2. The van der Waals surface area contributed by atoms with Crippen molar-refractivity contribution in [2.45, 2.75) is 6.42 Å². The van der Waals surface area contributed by atoms with Crippen LogP contribution < -0.4 is 4.74 Å². The molecule has 84 valence electrons. The molecule has 0 aliphatic rings. The molecule has 6 heteroatoms. The number of ether oxygens (including phenoxy) is 1. The minimum atomic E-state index is -0.551. The highest BCUT2D eigenvalue weighted by Crippen LogP contribution is 2.27. The average molecular weight is 285 g/mol. The molecule has 0 amide bonds. The summed E-state index contributed by atoms with van der Waals surface area (Å²) in [6.07, 6.45) is 0.761. The van der Waals surface area contributed by atoms with Crippen molar-refractivity contribution >= 4 is 21.6 Å². The van der Waals surface area contributed by atoms with Crippen LogP contribution >= 0.6 is 15.9 Å². The van der Waals surface area contributed by atoms with Gasteiger partial charge in [0.1, 0.15) is 0 Å². The zero-order chi connectivity index (χ0) is 12.0. The number of rotatable bonds is 5. The second kappa shape index (κ2) is 6.08. The van der Waals surface area contributed by atoms with E-state index in [9.17, 15) is 10.1 Å². The van der Waals surface area contributed by atoms with Crippen molar-refractivity contribution < 1.29 is 9.66 Å². The Balaban J connectivity index is 2.91. The first-order chi connectivity index (χ1) is 7.69. The number of nitriles is 1. The smallest absolute Gasteiger partial charge is 0.312 e. The van der Waals surface area contributed by atoms with E-state index >= 15 is 0 Å². The van der Waals surface area contributed by atoms with E-state index in [4.69, 9.17) is 10.00 Å². The molecule has 0 bridgehead atoms. The molecule has 16 heavy (non-hydrogen) atoms. The quantitative estimate of drug-likeness (QED) is 0.360. The number of nitro groups is 1. The van der Waals surface area contributed by atoms with E-state index in [1.807, 2.05) is 6.07 Å². The molecule has 0 spiro atoms. The summed E-state index contributed by atoms with van der Waals surface area (Å²) in [6.45, 7) is 0.401. The first kappa shape index (κ1) is 12.5. The van der Waals surface area contributed by atoms with Crippen LogP contribution in [0.3, 0.4) is 0 Å². The fourth-order valence-electron chi connectivity index (χ4n) is 1.09. The van der Waals surface area contributed by atoms with Gasteiger partial charge in [-0.1, -0.05) is 15.9 Å². The fourth-order valence-corrected chi connectivity index (χ4v) is 1.32. The molecule has 0 radical (unpaired) electrons. The molecule has 0 heterocycles. The normalized spacial score (nSPS) is 9.50. The van der Waals surface area contributed by atoms with Gasteiger partial charge in [-0.25, -0.2) is 0 Å². The lowest BCUT2D eigenvalue weighted by Gasteiger charge is -2.05. The predicted octanol–water partition coefficient (Wildman–Crippen LogP) is 2.63. The van der Waals surface area contributed by atoms with Crippen LogP contribution in [0.25, 0.3) is 0 Å². The second-order valence-electron chi connectivity index (χ2n) is 2.94. The Morgan fingerprint density at radius 1 is 1.56 bits per heavy atom. The summed E-state index contributed by atoms with van der Waals surface area (Å²) in [5.74, 6) is 0.199. The van der Waals surface area contributed by atoms with Gasteiger partial charge in [-0.2, -0.15) is 5.26 Å². The monoisotopic (exact) mass is 284 g/mol. The Morgan fingerprint density at radius 2 is 2.31 bits per heavy atom. The maximum atomic E-state index is 10.7. The number of hydrogen-bond donors (Lipinski definition) is 0. The van der Waals surface area contributed by atoms with Gasteiger partial charge in [-0.15, -0.1) is 0 Å². The van der Waals surface area contributed by atoms with Crippen LogP contribution in [0.2, 0.25) is 0 Å². The Kier molecular flexibility index (Phi) is 4.73. The van der Waals surface area contributed by atoms with Crippen LogP contribution in [0.5, 0.6) is 5.75 Å². The summed E-state index contributed by atoms with van der Waals surface area (Å²) < 4.78 is 5.26. The third-order valence-electron chi connectivity index (χ3n) is 1.82. The molecular formula is C10H9BrN2O3. The van der Waals surface area contributed by atoms with Crippen LogP contribution in [0.1, 0.15) is 12.0 Å². The average Bonchev–Trinajstić information content (AvgIpc) is 2.29. The van der Waals surface area contributed by atoms with Gasteiger partial charge in [0.2, 0.25) is 0 Å². The van der Waals surface area contributed by atoms with Gasteiger partial charge in [0.25, 0.3) is 0 Å². The lowest BCUT2D eigenvalue weighted by atomic mass is 10.2. The van der Waals surface area contributed by atoms with E-state index < -0.39 is 4.92 Å². The van der Waals surface area contributed by atoms with Gasteiger partial charge in [-0.3, -0.25) is 10.1 Å². The molecule has 0 N–H and O–H groups in total.